The van der Waals surface area contributed by atoms with E-state index in [1.54, 1.807) is 0 Å². The standard InChI is InChI=1S/C42H28N2O/c1-42(2)33-15-9-14-31-39-30-13-6-8-17-38(30)45-41(39)44(40(31)33)37-21-20-27(23-34(37)42)32-24-36(43-35-16-7-5-12-29(32)35)28-19-18-25-10-3-4-11-26(25)22-28/h3-24H,1-2H3. The molecule has 0 fully saturated rings. The molecule has 0 unspecified atom stereocenters. The minimum absolute atomic E-state index is 0.212. The molecule has 0 radical (unpaired) electrons. The zero-order chi connectivity index (χ0) is 29.9. The van der Waals surface area contributed by atoms with Crippen molar-refractivity contribution in [3.8, 4) is 28.1 Å². The van der Waals surface area contributed by atoms with Gasteiger partial charge in [0.15, 0.2) is 0 Å². The maximum absolute atomic E-state index is 6.60. The third-order valence-corrected chi connectivity index (χ3v) is 9.97. The molecule has 0 atom stereocenters. The van der Waals surface area contributed by atoms with Crippen LogP contribution >= 0.6 is 0 Å². The van der Waals surface area contributed by atoms with Crippen LogP contribution in [0.2, 0.25) is 0 Å². The lowest BCUT2D eigenvalue weighted by atomic mass is 9.74. The Morgan fingerprint density at radius 1 is 0.600 bits per heavy atom. The zero-order valence-electron chi connectivity index (χ0n) is 25.0. The van der Waals surface area contributed by atoms with E-state index in [9.17, 15) is 0 Å². The summed E-state index contributed by atoms with van der Waals surface area (Å²) in [5.41, 5.74) is 12.1. The molecule has 45 heavy (non-hydrogen) atoms. The molecule has 0 saturated carbocycles. The van der Waals surface area contributed by atoms with Crippen LogP contribution < -0.4 is 0 Å². The van der Waals surface area contributed by atoms with E-state index in [0.717, 1.165) is 38.8 Å². The third kappa shape index (κ3) is 3.33. The Bertz CT molecular complexity index is 2690. The van der Waals surface area contributed by atoms with E-state index in [0.29, 0.717) is 0 Å². The van der Waals surface area contributed by atoms with Crippen LogP contribution in [0.25, 0.3) is 82.7 Å². The second-order valence-electron chi connectivity index (χ2n) is 12.8. The normalized spacial score (nSPS) is 13.7. The third-order valence-electron chi connectivity index (χ3n) is 9.97. The Labute approximate surface area is 260 Å². The zero-order valence-corrected chi connectivity index (χ0v) is 25.0. The van der Waals surface area contributed by atoms with E-state index in [1.807, 2.05) is 6.07 Å². The monoisotopic (exact) mass is 576 g/mol. The number of para-hydroxylation sites is 3. The lowest BCUT2D eigenvalue weighted by Gasteiger charge is -2.34. The molecule has 3 heteroatoms. The van der Waals surface area contributed by atoms with Crippen molar-refractivity contribution in [1.82, 2.24) is 9.55 Å². The maximum atomic E-state index is 6.60. The molecule has 0 N–H and O–H groups in total. The fourth-order valence-corrected chi connectivity index (χ4v) is 7.73. The van der Waals surface area contributed by atoms with Crippen LogP contribution in [0, 0.1) is 0 Å². The predicted octanol–water partition coefficient (Wildman–Crippen LogP) is 11.2. The number of rotatable bonds is 2. The number of aromatic nitrogens is 2. The van der Waals surface area contributed by atoms with Gasteiger partial charge in [-0.3, -0.25) is 4.57 Å². The van der Waals surface area contributed by atoms with Crippen molar-refractivity contribution >= 4 is 54.6 Å². The Morgan fingerprint density at radius 2 is 1.36 bits per heavy atom. The Morgan fingerprint density at radius 3 is 2.27 bits per heavy atom. The summed E-state index contributed by atoms with van der Waals surface area (Å²) in [7, 11) is 0. The molecule has 3 nitrogen and oxygen atoms in total. The van der Waals surface area contributed by atoms with E-state index in [1.165, 1.54) is 55.0 Å². The van der Waals surface area contributed by atoms with Gasteiger partial charge in [0.1, 0.15) is 5.58 Å². The summed E-state index contributed by atoms with van der Waals surface area (Å²) in [6, 6.07) is 48.0. The van der Waals surface area contributed by atoms with Crippen molar-refractivity contribution in [1.29, 1.82) is 0 Å². The number of fused-ring (bicyclic) bond motifs is 9. The van der Waals surface area contributed by atoms with E-state index in [2.05, 4.69) is 146 Å². The van der Waals surface area contributed by atoms with Gasteiger partial charge < -0.3 is 4.42 Å². The molecule has 3 aromatic heterocycles. The van der Waals surface area contributed by atoms with Crippen molar-refractivity contribution in [2.24, 2.45) is 0 Å². The molecule has 0 saturated heterocycles. The highest BCUT2D eigenvalue weighted by molar-refractivity contribution is 6.21. The predicted molar refractivity (Wildman–Crippen MR) is 186 cm³/mol. The Balaban J connectivity index is 1.23. The van der Waals surface area contributed by atoms with Crippen LogP contribution in [0.5, 0.6) is 0 Å². The van der Waals surface area contributed by atoms with Gasteiger partial charge in [0.05, 0.1) is 27.8 Å². The summed E-state index contributed by atoms with van der Waals surface area (Å²) < 4.78 is 8.95. The van der Waals surface area contributed by atoms with Crippen molar-refractivity contribution in [2.75, 3.05) is 0 Å². The molecule has 1 aliphatic heterocycles. The average molecular weight is 577 g/mol. The van der Waals surface area contributed by atoms with Crippen LogP contribution in [0.3, 0.4) is 0 Å². The van der Waals surface area contributed by atoms with E-state index < -0.39 is 0 Å². The lowest BCUT2D eigenvalue weighted by Crippen LogP contribution is -2.26. The van der Waals surface area contributed by atoms with Crippen molar-refractivity contribution in [3.05, 3.63) is 145 Å². The van der Waals surface area contributed by atoms with Gasteiger partial charge in [0.2, 0.25) is 5.71 Å². The number of furan rings is 1. The van der Waals surface area contributed by atoms with Gasteiger partial charge >= 0.3 is 0 Å². The average Bonchev–Trinajstić information content (AvgIpc) is 3.62. The number of nitrogens with zero attached hydrogens (tertiary/aromatic N) is 2. The fourth-order valence-electron chi connectivity index (χ4n) is 7.73. The summed E-state index contributed by atoms with van der Waals surface area (Å²) in [5, 5.41) is 7.20. The lowest BCUT2D eigenvalue weighted by molar-refractivity contribution is 0.612. The van der Waals surface area contributed by atoms with Gasteiger partial charge in [-0.15, -0.1) is 0 Å². The molecule has 10 rings (SSSR count). The first kappa shape index (κ1) is 24.7. The fraction of sp³-hybridized carbons (Fsp3) is 0.0714. The van der Waals surface area contributed by atoms with Crippen LogP contribution in [0.15, 0.2) is 138 Å². The maximum Gasteiger partial charge on any atom is 0.213 e. The minimum Gasteiger partial charge on any atom is -0.439 e. The van der Waals surface area contributed by atoms with E-state index >= 15 is 0 Å². The summed E-state index contributed by atoms with van der Waals surface area (Å²) in [5.74, 6) is 0. The molecular weight excluding hydrogens is 548 g/mol. The van der Waals surface area contributed by atoms with Crippen molar-refractivity contribution < 1.29 is 4.42 Å². The topological polar surface area (TPSA) is 31.0 Å². The number of hydrogen-bond acceptors (Lipinski definition) is 2. The molecule has 0 aliphatic carbocycles. The summed E-state index contributed by atoms with van der Waals surface area (Å²) in [6.07, 6.45) is 0. The summed E-state index contributed by atoms with van der Waals surface area (Å²) in [4.78, 5) is 5.14. The van der Waals surface area contributed by atoms with Gasteiger partial charge in [0.25, 0.3) is 0 Å². The van der Waals surface area contributed by atoms with Crippen molar-refractivity contribution in [3.63, 3.8) is 0 Å². The largest absolute Gasteiger partial charge is 0.439 e. The highest BCUT2D eigenvalue weighted by Gasteiger charge is 2.36. The van der Waals surface area contributed by atoms with Crippen LogP contribution in [-0.4, -0.2) is 9.55 Å². The molecule has 4 heterocycles. The SMILES string of the molecule is CC1(C)c2cc(-c3cc(-c4ccc5ccccc5c4)nc4ccccc34)ccc2-n2c3oc4ccccc4c3c3cccc1c32. The van der Waals surface area contributed by atoms with Gasteiger partial charge in [-0.05, 0) is 69.4 Å². The number of hydrogen-bond donors (Lipinski definition) is 0. The molecule has 9 aromatic rings. The molecule has 6 aromatic carbocycles. The molecular formula is C42H28N2O. The summed E-state index contributed by atoms with van der Waals surface area (Å²) in [6.45, 7) is 4.71. The first-order valence-corrected chi connectivity index (χ1v) is 15.6. The van der Waals surface area contributed by atoms with Crippen LogP contribution in [0.4, 0.5) is 0 Å². The first-order chi connectivity index (χ1) is 22.1. The van der Waals surface area contributed by atoms with Crippen LogP contribution in [0.1, 0.15) is 25.0 Å². The Kier molecular flexibility index (Phi) is 4.79. The van der Waals surface area contributed by atoms with Crippen molar-refractivity contribution in [2.45, 2.75) is 19.3 Å². The van der Waals surface area contributed by atoms with Gasteiger partial charge in [-0.1, -0.05) is 111 Å². The van der Waals surface area contributed by atoms with E-state index in [4.69, 9.17) is 9.40 Å². The van der Waals surface area contributed by atoms with Gasteiger partial charge in [-0.2, -0.15) is 0 Å². The van der Waals surface area contributed by atoms with E-state index in [-0.39, 0.29) is 5.41 Å². The number of pyridine rings is 1. The van der Waals surface area contributed by atoms with Crippen LogP contribution in [-0.2, 0) is 5.41 Å². The highest BCUT2D eigenvalue weighted by atomic mass is 16.3. The molecule has 0 amide bonds. The molecule has 1 aliphatic rings. The van der Waals surface area contributed by atoms with Gasteiger partial charge in [-0.25, -0.2) is 4.98 Å². The van der Waals surface area contributed by atoms with Gasteiger partial charge in [0, 0.05) is 27.1 Å². The quantitative estimate of drug-likeness (QED) is 0.205. The highest BCUT2D eigenvalue weighted by Crippen LogP contribution is 2.50. The molecule has 0 spiro atoms. The first-order valence-electron chi connectivity index (χ1n) is 15.6. The Hall–Kier alpha value is -5.67. The molecule has 212 valence electrons. The minimum atomic E-state index is -0.212. The smallest absolute Gasteiger partial charge is 0.213 e. The second-order valence-corrected chi connectivity index (χ2v) is 12.8. The molecule has 0 bridgehead atoms. The summed E-state index contributed by atoms with van der Waals surface area (Å²) >= 11 is 0. The second kappa shape index (κ2) is 8.71. The number of benzene rings is 6.